The van der Waals surface area contributed by atoms with E-state index in [2.05, 4.69) is 31.9 Å². The van der Waals surface area contributed by atoms with Crippen molar-refractivity contribution in [2.24, 2.45) is 0 Å². The molecule has 0 unspecified atom stereocenters. The van der Waals surface area contributed by atoms with Crippen LogP contribution >= 0.6 is 11.6 Å². The zero-order valence-electron chi connectivity index (χ0n) is 16.0. The number of nitrogens with one attached hydrogen (secondary N) is 1. The Morgan fingerprint density at radius 2 is 1.90 bits per heavy atom. The van der Waals surface area contributed by atoms with Crippen molar-refractivity contribution in [2.75, 3.05) is 6.54 Å². The molecule has 4 aromatic rings. The van der Waals surface area contributed by atoms with E-state index in [1.54, 1.807) is 23.1 Å². The van der Waals surface area contributed by atoms with Crippen molar-refractivity contribution in [3.63, 3.8) is 0 Å². The minimum Gasteiger partial charge on any atom is -0.329 e. The molecule has 30 heavy (non-hydrogen) atoms. The van der Waals surface area contributed by atoms with Gasteiger partial charge < -0.3 is 14.5 Å². The molecule has 1 amide bonds. The van der Waals surface area contributed by atoms with Gasteiger partial charge in [-0.05, 0) is 23.8 Å². The normalized spacial score (nSPS) is 13.4. The number of aromatic amines is 1. The highest BCUT2D eigenvalue weighted by atomic mass is 35.5. The van der Waals surface area contributed by atoms with Gasteiger partial charge in [-0.25, -0.2) is 0 Å². The standard InChI is InChI=1S/C22H18ClN5O2/c23-15-6-7-18-16(11-15)17(12-21(29)24-18)22(30)27-8-9-28-19(25-26-20(28)13-27)10-14-4-2-1-3-5-14/h1-7,11-12H,8-10,13H2,(H,24,29). The van der Waals surface area contributed by atoms with Gasteiger partial charge in [-0.2, -0.15) is 0 Å². The van der Waals surface area contributed by atoms with Crippen molar-refractivity contribution in [3.05, 3.63) is 92.7 Å². The van der Waals surface area contributed by atoms with Gasteiger partial charge in [-0.1, -0.05) is 41.9 Å². The fourth-order valence-corrected chi connectivity index (χ4v) is 4.05. The first-order valence-corrected chi connectivity index (χ1v) is 10.0. The minimum atomic E-state index is -0.321. The molecule has 5 rings (SSSR count). The van der Waals surface area contributed by atoms with Gasteiger partial charge in [-0.15, -0.1) is 10.2 Å². The van der Waals surface area contributed by atoms with E-state index in [0.717, 1.165) is 17.2 Å². The Morgan fingerprint density at radius 1 is 1.07 bits per heavy atom. The number of H-pyrrole nitrogens is 1. The minimum absolute atomic E-state index is 0.216. The van der Waals surface area contributed by atoms with Gasteiger partial charge in [0, 0.05) is 41.5 Å². The summed E-state index contributed by atoms with van der Waals surface area (Å²) in [6.07, 6.45) is 0.693. The molecule has 2 aromatic carbocycles. The van der Waals surface area contributed by atoms with E-state index in [1.807, 2.05) is 18.2 Å². The summed E-state index contributed by atoms with van der Waals surface area (Å²) in [5.41, 5.74) is 1.77. The van der Waals surface area contributed by atoms with Crippen LogP contribution in [0.15, 0.2) is 59.4 Å². The largest absolute Gasteiger partial charge is 0.329 e. The Balaban J connectivity index is 1.43. The molecule has 0 saturated heterocycles. The maximum atomic E-state index is 13.3. The van der Waals surface area contributed by atoms with Crippen LogP contribution in [0, 0.1) is 0 Å². The number of rotatable bonds is 3. The molecule has 0 aliphatic carbocycles. The van der Waals surface area contributed by atoms with Gasteiger partial charge in [0.1, 0.15) is 5.82 Å². The number of pyridine rings is 1. The first-order valence-electron chi connectivity index (χ1n) is 9.65. The van der Waals surface area contributed by atoms with Crippen molar-refractivity contribution in [3.8, 4) is 0 Å². The molecule has 0 fully saturated rings. The van der Waals surface area contributed by atoms with Crippen molar-refractivity contribution in [1.29, 1.82) is 0 Å². The van der Waals surface area contributed by atoms with E-state index >= 15 is 0 Å². The van der Waals surface area contributed by atoms with Crippen LogP contribution < -0.4 is 5.56 Å². The van der Waals surface area contributed by atoms with Gasteiger partial charge in [0.25, 0.3) is 5.91 Å². The Bertz CT molecular complexity index is 1310. The Labute approximate surface area is 176 Å². The molecular formula is C22H18ClN5O2. The fourth-order valence-electron chi connectivity index (χ4n) is 3.87. The second kappa shape index (κ2) is 7.42. The molecule has 0 spiro atoms. The molecule has 2 aromatic heterocycles. The number of aromatic nitrogens is 4. The van der Waals surface area contributed by atoms with Crippen LogP contribution in [0.4, 0.5) is 0 Å². The zero-order valence-corrected chi connectivity index (χ0v) is 16.8. The number of hydrogen-bond acceptors (Lipinski definition) is 4. The number of hydrogen-bond donors (Lipinski definition) is 1. The van der Waals surface area contributed by atoms with Crippen molar-refractivity contribution in [2.45, 2.75) is 19.5 Å². The van der Waals surface area contributed by atoms with Crippen molar-refractivity contribution >= 4 is 28.4 Å². The highest BCUT2D eigenvalue weighted by Crippen LogP contribution is 2.23. The summed E-state index contributed by atoms with van der Waals surface area (Å²) in [6.45, 7) is 1.47. The molecule has 1 aliphatic heterocycles. The van der Waals surface area contributed by atoms with E-state index in [0.29, 0.717) is 47.5 Å². The maximum Gasteiger partial charge on any atom is 0.255 e. The molecule has 150 valence electrons. The fraction of sp³-hybridized carbons (Fsp3) is 0.182. The predicted octanol–water partition coefficient (Wildman–Crippen LogP) is 3.02. The molecule has 3 heterocycles. The summed E-state index contributed by atoms with van der Waals surface area (Å²) in [4.78, 5) is 29.8. The number of nitrogens with zero attached hydrogens (tertiary/aromatic N) is 4. The molecule has 1 aliphatic rings. The second-order valence-electron chi connectivity index (χ2n) is 7.31. The van der Waals surface area contributed by atoms with E-state index < -0.39 is 0 Å². The van der Waals surface area contributed by atoms with Crippen LogP contribution in [0.3, 0.4) is 0 Å². The number of carbonyl (C=O) groups is 1. The third-order valence-electron chi connectivity index (χ3n) is 5.36. The third-order valence-corrected chi connectivity index (χ3v) is 5.59. The number of amides is 1. The van der Waals surface area contributed by atoms with E-state index in [9.17, 15) is 9.59 Å². The van der Waals surface area contributed by atoms with Crippen LogP contribution in [0.2, 0.25) is 5.02 Å². The average molecular weight is 420 g/mol. The quantitative estimate of drug-likeness (QED) is 0.553. The highest BCUT2D eigenvalue weighted by Gasteiger charge is 2.26. The van der Waals surface area contributed by atoms with Gasteiger partial charge in [0.15, 0.2) is 5.82 Å². The van der Waals surface area contributed by atoms with E-state index in [-0.39, 0.29) is 11.5 Å². The van der Waals surface area contributed by atoms with E-state index in [4.69, 9.17) is 11.6 Å². The molecule has 0 saturated carbocycles. The van der Waals surface area contributed by atoms with Crippen LogP contribution in [-0.4, -0.2) is 37.1 Å². The van der Waals surface area contributed by atoms with Gasteiger partial charge in [0.2, 0.25) is 5.56 Å². The number of benzene rings is 2. The Hall–Kier alpha value is -3.45. The van der Waals surface area contributed by atoms with Gasteiger partial charge >= 0.3 is 0 Å². The summed E-state index contributed by atoms with van der Waals surface area (Å²) in [5.74, 6) is 1.41. The topological polar surface area (TPSA) is 83.9 Å². The number of carbonyl (C=O) groups excluding carboxylic acids is 1. The summed E-state index contributed by atoms with van der Waals surface area (Å²) in [6, 6.07) is 16.5. The maximum absolute atomic E-state index is 13.3. The summed E-state index contributed by atoms with van der Waals surface area (Å²) in [5, 5.41) is 9.78. The third kappa shape index (κ3) is 3.37. The van der Waals surface area contributed by atoms with Crippen LogP contribution in [-0.2, 0) is 19.5 Å². The van der Waals surface area contributed by atoms with Crippen LogP contribution in [0.1, 0.15) is 27.6 Å². The lowest BCUT2D eigenvalue weighted by Gasteiger charge is -2.28. The summed E-state index contributed by atoms with van der Waals surface area (Å²) >= 11 is 6.12. The molecule has 0 bridgehead atoms. The molecular weight excluding hydrogens is 402 g/mol. The average Bonchev–Trinajstić information content (AvgIpc) is 3.15. The number of fused-ring (bicyclic) bond motifs is 2. The molecule has 0 radical (unpaired) electrons. The summed E-state index contributed by atoms with van der Waals surface area (Å²) in [7, 11) is 0. The van der Waals surface area contributed by atoms with E-state index in [1.165, 1.54) is 6.07 Å². The van der Waals surface area contributed by atoms with Gasteiger partial charge in [0.05, 0.1) is 12.1 Å². The first kappa shape index (κ1) is 18.6. The lowest BCUT2D eigenvalue weighted by atomic mass is 10.1. The van der Waals surface area contributed by atoms with Crippen LogP contribution in [0.5, 0.6) is 0 Å². The molecule has 8 heteroatoms. The zero-order chi connectivity index (χ0) is 20.7. The monoisotopic (exact) mass is 419 g/mol. The Morgan fingerprint density at radius 3 is 2.73 bits per heavy atom. The smallest absolute Gasteiger partial charge is 0.255 e. The summed E-state index contributed by atoms with van der Waals surface area (Å²) < 4.78 is 2.07. The van der Waals surface area contributed by atoms with Gasteiger partial charge in [-0.3, -0.25) is 9.59 Å². The molecule has 7 nitrogen and oxygen atoms in total. The lowest BCUT2D eigenvalue weighted by Crippen LogP contribution is -2.39. The number of halogens is 1. The van der Waals surface area contributed by atoms with Crippen LogP contribution in [0.25, 0.3) is 10.9 Å². The Kier molecular flexibility index (Phi) is 4.59. The first-order chi connectivity index (χ1) is 14.6. The molecule has 1 N–H and O–H groups in total. The predicted molar refractivity (Wildman–Crippen MR) is 114 cm³/mol. The SMILES string of the molecule is O=C(c1cc(=O)[nH]c2ccc(Cl)cc12)N1CCn2c(Cc3ccccc3)nnc2C1. The highest BCUT2D eigenvalue weighted by molar-refractivity contribution is 6.31. The molecule has 0 atom stereocenters. The van der Waals surface area contributed by atoms with Crippen molar-refractivity contribution in [1.82, 2.24) is 24.6 Å². The van der Waals surface area contributed by atoms with Crippen molar-refractivity contribution < 1.29 is 4.79 Å². The second-order valence-corrected chi connectivity index (χ2v) is 7.75. The lowest BCUT2D eigenvalue weighted by molar-refractivity contribution is 0.0708.